The van der Waals surface area contributed by atoms with Gasteiger partial charge in [-0.3, -0.25) is 14.4 Å². The Morgan fingerprint density at radius 2 is 1.76 bits per heavy atom. The Balaban J connectivity index is 1.17. The molecule has 0 saturated heterocycles. The van der Waals surface area contributed by atoms with E-state index >= 15 is 0 Å². The Hall–Kier alpha value is -2.81. The molecule has 4 aliphatic rings. The van der Waals surface area contributed by atoms with Gasteiger partial charge in [0.05, 0.1) is 12.2 Å². The first-order chi connectivity index (χ1) is 15.8. The second-order valence-corrected chi connectivity index (χ2v) is 10.7. The third-order valence-electron chi connectivity index (χ3n) is 7.25. The summed E-state index contributed by atoms with van der Waals surface area (Å²) in [5.41, 5.74) is 0.739. The maximum atomic E-state index is 14.5. The summed E-state index contributed by atoms with van der Waals surface area (Å²) in [7, 11) is 0. The molecule has 0 unspecified atom stereocenters. The van der Waals surface area contributed by atoms with Gasteiger partial charge in [-0.05, 0) is 74.5 Å². The van der Waals surface area contributed by atoms with Crippen LogP contribution in [0.3, 0.4) is 0 Å². The van der Waals surface area contributed by atoms with Gasteiger partial charge in [0.15, 0.2) is 5.13 Å². The molecule has 3 amide bonds. The molecule has 6 rings (SSSR count). The number of benzene rings is 1. The van der Waals surface area contributed by atoms with Crippen molar-refractivity contribution in [3.05, 3.63) is 29.4 Å². The third-order valence-corrected chi connectivity index (χ3v) is 8.00. The molecule has 2 aromatic rings. The van der Waals surface area contributed by atoms with Crippen LogP contribution in [0.2, 0.25) is 0 Å². The topological polar surface area (TPSA) is 100 Å². The highest BCUT2D eigenvalue weighted by Gasteiger charge is 2.54. The van der Waals surface area contributed by atoms with Gasteiger partial charge in [-0.15, -0.1) is 11.3 Å². The molecule has 4 saturated carbocycles. The van der Waals surface area contributed by atoms with Gasteiger partial charge >= 0.3 is 0 Å². The summed E-state index contributed by atoms with van der Waals surface area (Å²) in [5.74, 6) is 0.850. The number of halogens is 1. The molecule has 4 aliphatic carbocycles. The van der Waals surface area contributed by atoms with Gasteiger partial charge in [0.2, 0.25) is 17.7 Å². The number of carbonyl (C=O) groups is 3. The minimum absolute atomic E-state index is 0.0120. The number of hydrogen-bond donors (Lipinski definition) is 3. The zero-order chi connectivity index (χ0) is 23.2. The van der Waals surface area contributed by atoms with Crippen molar-refractivity contribution >= 4 is 39.9 Å². The van der Waals surface area contributed by atoms with E-state index in [0.29, 0.717) is 34.3 Å². The molecule has 33 heavy (non-hydrogen) atoms. The van der Waals surface area contributed by atoms with Crippen molar-refractivity contribution in [2.75, 3.05) is 17.2 Å². The predicted octanol–water partition coefficient (Wildman–Crippen LogP) is 4.18. The number of hydrogen-bond acceptors (Lipinski definition) is 5. The van der Waals surface area contributed by atoms with Crippen molar-refractivity contribution in [3.63, 3.8) is 0 Å². The molecule has 0 atom stereocenters. The lowest BCUT2D eigenvalue weighted by Crippen LogP contribution is -2.54. The second-order valence-electron chi connectivity index (χ2n) is 9.84. The highest BCUT2D eigenvalue weighted by molar-refractivity contribution is 7.14. The Kier molecular flexibility index (Phi) is 5.68. The van der Waals surface area contributed by atoms with E-state index in [1.165, 1.54) is 49.7 Å². The lowest BCUT2D eigenvalue weighted by Gasteiger charge is -2.55. The normalized spacial score (nSPS) is 27.3. The first-order valence-electron chi connectivity index (χ1n) is 11.4. The summed E-state index contributed by atoms with van der Waals surface area (Å²) in [6.45, 7) is 1.25. The zero-order valence-corrected chi connectivity index (χ0v) is 19.3. The van der Waals surface area contributed by atoms with Gasteiger partial charge < -0.3 is 16.0 Å². The van der Waals surface area contributed by atoms with Gasteiger partial charge in [0.1, 0.15) is 5.82 Å². The standard InChI is InChI=1S/C24H27FN4O3S/c1-13(30)27-17-2-3-18(19(25)7-17)20-12-33-23(28-20)29-21(31)11-26-22(32)24-8-14-4-15(9-24)6-16(5-14)10-24/h2-3,7,12,14-16H,4-6,8-11H2,1H3,(H,26,32)(H,27,30)(H,28,29,31). The minimum Gasteiger partial charge on any atom is -0.347 e. The van der Waals surface area contributed by atoms with E-state index in [2.05, 4.69) is 20.9 Å². The summed E-state index contributed by atoms with van der Waals surface area (Å²) in [6, 6.07) is 4.36. The Bertz CT molecular complexity index is 1080. The molecule has 7 nitrogen and oxygen atoms in total. The third kappa shape index (κ3) is 4.51. The fraction of sp³-hybridized carbons (Fsp3) is 0.500. The lowest BCUT2D eigenvalue weighted by molar-refractivity contribution is -0.146. The van der Waals surface area contributed by atoms with Crippen LogP contribution in [0.25, 0.3) is 11.3 Å². The average molecular weight is 471 g/mol. The van der Waals surface area contributed by atoms with Crippen LogP contribution < -0.4 is 16.0 Å². The molecule has 9 heteroatoms. The highest BCUT2D eigenvalue weighted by Crippen LogP contribution is 2.60. The van der Waals surface area contributed by atoms with Crippen molar-refractivity contribution < 1.29 is 18.8 Å². The molecule has 0 spiro atoms. The number of aromatic nitrogens is 1. The molecule has 174 valence electrons. The van der Waals surface area contributed by atoms with E-state index in [1.807, 2.05) is 0 Å². The van der Waals surface area contributed by atoms with Crippen LogP contribution in [0.4, 0.5) is 15.2 Å². The maximum absolute atomic E-state index is 14.5. The zero-order valence-electron chi connectivity index (χ0n) is 18.4. The predicted molar refractivity (Wildman–Crippen MR) is 124 cm³/mol. The molecule has 0 aliphatic heterocycles. The van der Waals surface area contributed by atoms with E-state index in [1.54, 1.807) is 11.4 Å². The van der Waals surface area contributed by atoms with E-state index in [9.17, 15) is 18.8 Å². The number of nitrogens with zero attached hydrogens (tertiary/aromatic N) is 1. The summed E-state index contributed by atoms with van der Waals surface area (Å²) >= 11 is 1.19. The summed E-state index contributed by atoms with van der Waals surface area (Å²) in [6.07, 6.45) is 6.64. The molecule has 4 fully saturated rings. The van der Waals surface area contributed by atoms with Gasteiger partial charge in [0, 0.05) is 29.0 Å². The van der Waals surface area contributed by atoms with Crippen LogP contribution in [0.5, 0.6) is 0 Å². The first kappa shape index (κ1) is 22.0. The van der Waals surface area contributed by atoms with Crippen LogP contribution in [0.1, 0.15) is 45.4 Å². The Labute approximate surface area is 195 Å². The van der Waals surface area contributed by atoms with E-state index in [0.717, 1.165) is 19.3 Å². The number of carbonyl (C=O) groups excluding carboxylic acids is 3. The highest BCUT2D eigenvalue weighted by atomic mass is 32.1. The fourth-order valence-electron chi connectivity index (χ4n) is 6.36. The number of rotatable bonds is 6. The number of amides is 3. The molecule has 3 N–H and O–H groups in total. The SMILES string of the molecule is CC(=O)Nc1ccc(-c2csc(NC(=O)CNC(=O)C34CC5CC(CC(C5)C3)C4)n2)c(F)c1. The Morgan fingerprint density at radius 1 is 1.09 bits per heavy atom. The summed E-state index contributed by atoms with van der Waals surface area (Å²) in [4.78, 5) is 40.9. The van der Waals surface area contributed by atoms with Gasteiger partial charge in [-0.1, -0.05) is 0 Å². The van der Waals surface area contributed by atoms with Crippen LogP contribution in [-0.4, -0.2) is 29.3 Å². The van der Waals surface area contributed by atoms with Crippen molar-refractivity contribution in [1.82, 2.24) is 10.3 Å². The number of nitrogens with one attached hydrogen (secondary N) is 3. The Morgan fingerprint density at radius 3 is 2.36 bits per heavy atom. The van der Waals surface area contributed by atoms with Gasteiger partial charge in [-0.25, -0.2) is 9.37 Å². The monoisotopic (exact) mass is 470 g/mol. The maximum Gasteiger partial charge on any atom is 0.245 e. The van der Waals surface area contributed by atoms with E-state index in [-0.39, 0.29) is 35.2 Å². The lowest BCUT2D eigenvalue weighted by atomic mass is 9.49. The van der Waals surface area contributed by atoms with Crippen molar-refractivity contribution in [2.45, 2.75) is 45.4 Å². The number of thiazole rings is 1. The fourth-order valence-corrected chi connectivity index (χ4v) is 7.09. The molecular formula is C24H27FN4O3S. The number of anilines is 2. The van der Waals surface area contributed by atoms with E-state index < -0.39 is 5.82 Å². The quantitative estimate of drug-likeness (QED) is 0.590. The molecular weight excluding hydrogens is 443 g/mol. The molecule has 1 aromatic heterocycles. The van der Waals surface area contributed by atoms with Crippen LogP contribution in [0, 0.1) is 29.0 Å². The van der Waals surface area contributed by atoms with Gasteiger partial charge in [-0.2, -0.15) is 0 Å². The summed E-state index contributed by atoms with van der Waals surface area (Å²) < 4.78 is 14.5. The average Bonchev–Trinajstić information content (AvgIpc) is 3.18. The first-order valence-corrected chi connectivity index (χ1v) is 12.3. The summed E-state index contributed by atoms with van der Waals surface area (Å²) in [5, 5.41) is 10.1. The minimum atomic E-state index is -0.521. The van der Waals surface area contributed by atoms with E-state index in [4.69, 9.17) is 0 Å². The molecule has 0 radical (unpaired) electrons. The second kappa shape index (κ2) is 8.52. The van der Waals surface area contributed by atoms with Crippen LogP contribution in [-0.2, 0) is 14.4 Å². The largest absolute Gasteiger partial charge is 0.347 e. The smallest absolute Gasteiger partial charge is 0.245 e. The van der Waals surface area contributed by atoms with Gasteiger partial charge in [0.25, 0.3) is 0 Å². The van der Waals surface area contributed by atoms with Crippen LogP contribution in [0.15, 0.2) is 23.6 Å². The van der Waals surface area contributed by atoms with Crippen molar-refractivity contribution in [1.29, 1.82) is 0 Å². The molecule has 4 bridgehead atoms. The van der Waals surface area contributed by atoms with Crippen LogP contribution >= 0.6 is 11.3 Å². The molecule has 1 heterocycles. The molecule has 1 aromatic carbocycles. The van der Waals surface area contributed by atoms with Crippen molar-refractivity contribution in [3.8, 4) is 11.3 Å². The van der Waals surface area contributed by atoms with Crippen molar-refractivity contribution in [2.24, 2.45) is 23.2 Å².